The maximum atomic E-state index is 10.7. The summed E-state index contributed by atoms with van der Waals surface area (Å²) >= 11 is 0. The summed E-state index contributed by atoms with van der Waals surface area (Å²) in [7, 11) is 0. The molecule has 0 aliphatic rings. The van der Waals surface area contributed by atoms with Crippen LogP contribution in [-0.2, 0) is 14.4 Å². The highest BCUT2D eigenvalue weighted by molar-refractivity contribution is 5.85. The van der Waals surface area contributed by atoms with E-state index in [1.165, 1.54) is 5.32 Å². The third-order valence-electron chi connectivity index (χ3n) is 3.98. The fraction of sp³-hybridized carbons (Fsp3) is 0.812. The Labute approximate surface area is 186 Å². The van der Waals surface area contributed by atoms with Crippen LogP contribution >= 0.6 is 0 Å². The average Bonchev–Trinajstić information content (AvgIpc) is 2.74. The quantitative estimate of drug-likeness (QED) is 0.112. The lowest BCUT2D eigenvalue weighted by Crippen LogP contribution is -2.66. The first-order chi connectivity index (χ1) is 15.0. The van der Waals surface area contributed by atoms with Gasteiger partial charge in [0.05, 0.1) is 13.2 Å². The monoisotopic (exact) mass is 492 g/mol. The molecule has 0 saturated heterocycles. The van der Waals surface area contributed by atoms with E-state index in [4.69, 9.17) is 30.6 Å². The number of carboxylic acid groups (broad SMARTS) is 1. The highest BCUT2D eigenvalue weighted by atomic mass is 16.4. The van der Waals surface area contributed by atoms with Crippen LogP contribution in [0.1, 0.15) is 13.8 Å². The standard InChI is InChI=1S/C8H15NO8.C8H17NO7/c1-3(11)9-8(17,7(15)16)6(14)5(13)4(12)2-10;1-3(11)9-8(16)7(15)6(14)5(13)4(12)2-10/h4-6,10,12-14,17H,2H2,1H3,(H,9,11)(H,15,16);4-8,10,12-16H,2H2,1H3,(H,9,11)/t4-,5+,6-,8-;4-,5-,6+,7-,8?/m11/s1. The molecule has 9 atom stereocenters. The zero-order chi connectivity index (χ0) is 26.7. The molecule has 0 aromatic rings. The molecule has 0 aromatic carbocycles. The number of nitrogens with one attached hydrogen (secondary N) is 2. The van der Waals surface area contributed by atoms with Gasteiger partial charge in [0, 0.05) is 13.8 Å². The first kappa shape index (κ1) is 33.1. The minimum Gasteiger partial charge on any atom is -0.478 e. The Morgan fingerprint density at radius 1 is 0.727 bits per heavy atom. The van der Waals surface area contributed by atoms with Crippen molar-refractivity contribution >= 4 is 17.8 Å². The molecular weight excluding hydrogens is 460 g/mol. The van der Waals surface area contributed by atoms with Gasteiger partial charge in [0.15, 0.2) is 6.23 Å². The molecule has 17 heteroatoms. The molecule has 2 amide bonds. The maximum Gasteiger partial charge on any atom is 0.360 e. The zero-order valence-corrected chi connectivity index (χ0v) is 17.6. The van der Waals surface area contributed by atoms with Gasteiger partial charge in [-0.05, 0) is 0 Å². The van der Waals surface area contributed by atoms with E-state index in [9.17, 15) is 45.0 Å². The molecule has 17 nitrogen and oxygen atoms in total. The Bertz CT molecular complexity index is 623. The molecular formula is C16H32N2O15. The van der Waals surface area contributed by atoms with E-state index in [0.717, 1.165) is 13.8 Å². The first-order valence-electron chi connectivity index (χ1n) is 9.15. The highest BCUT2D eigenvalue weighted by Crippen LogP contribution is 2.14. The van der Waals surface area contributed by atoms with Crippen LogP contribution in [-0.4, -0.2) is 147 Å². The van der Waals surface area contributed by atoms with E-state index >= 15 is 0 Å². The predicted octanol–water partition coefficient (Wildman–Crippen LogP) is -8.15. The van der Waals surface area contributed by atoms with Crippen LogP contribution in [0.25, 0.3) is 0 Å². The molecule has 14 N–H and O–H groups in total. The summed E-state index contributed by atoms with van der Waals surface area (Å²) in [6, 6.07) is 0. The summed E-state index contributed by atoms with van der Waals surface area (Å²) in [5, 5.41) is 112. The van der Waals surface area contributed by atoms with Crippen molar-refractivity contribution in [1.82, 2.24) is 10.6 Å². The van der Waals surface area contributed by atoms with Gasteiger partial charge in [-0.1, -0.05) is 0 Å². The van der Waals surface area contributed by atoms with Gasteiger partial charge in [0.25, 0.3) is 5.72 Å². The van der Waals surface area contributed by atoms with Crippen molar-refractivity contribution in [3.63, 3.8) is 0 Å². The predicted molar refractivity (Wildman–Crippen MR) is 102 cm³/mol. The lowest BCUT2D eigenvalue weighted by Gasteiger charge is -2.33. The van der Waals surface area contributed by atoms with Gasteiger partial charge in [-0.25, -0.2) is 4.79 Å². The van der Waals surface area contributed by atoms with E-state index in [1.54, 1.807) is 0 Å². The van der Waals surface area contributed by atoms with Crippen molar-refractivity contribution < 1.29 is 75.7 Å². The summed E-state index contributed by atoms with van der Waals surface area (Å²) in [6.45, 7) is 0.186. The van der Waals surface area contributed by atoms with Crippen molar-refractivity contribution in [2.75, 3.05) is 13.2 Å². The topological polar surface area (TPSA) is 318 Å². The Balaban J connectivity index is 0. The van der Waals surface area contributed by atoms with E-state index in [2.05, 4.69) is 0 Å². The molecule has 0 bridgehead atoms. The zero-order valence-electron chi connectivity index (χ0n) is 17.6. The number of hydrogen-bond donors (Lipinski definition) is 14. The molecule has 0 aliphatic carbocycles. The summed E-state index contributed by atoms with van der Waals surface area (Å²) in [4.78, 5) is 32.0. The Kier molecular flexibility index (Phi) is 15.1. The minimum absolute atomic E-state index is 0.643. The molecule has 0 saturated carbocycles. The van der Waals surface area contributed by atoms with Crippen LogP contribution in [0.4, 0.5) is 0 Å². The van der Waals surface area contributed by atoms with Gasteiger partial charge in [0.1, 0.15) is 42.7 Å². The molecule has 0 fully saturated rings. The summed E-state index contributed by atoms with van der Waals surface area (Å²) in [5.41, 5.74) is -3.17. The largest absolute Gasteiger partial charge is 0.478 e. The number of rotatable bonds is 12. The van der Waals surface area contributed by atoms with Crippen molar-refractivity contribution in [1.29, 1.82) is 0 Å². The molecule has 0 aromatic heterocycles. The van der Waals surface area contributed by atoms with E-state index < -0.39 is 85.7 Å². The highest BCUT2D eigenvalue weighted by Gasteiger charge is 2.49. The lowest BCUT2D eigenvalue weighted by atomic mass is 9.97. The molecule has 0 radical (unpaired) electrons. The second-order valence-electron chi connectivity index (χ2n) is 6.81. The third-order valence-corrected chi connectivity index (χ3v) is 3.98. The minimum atomic E-state index is -3.17. The maximum absolute atomic E-state index is 10.7. The number of carboxylic acids is 1. The number of aliphatic hydroxyl groups is 11. The van der Waals surface area contributed by atoms with Crippen LogP contribution in [0, 0.1) is 0 Å². The smallest absolute Gasteiger partial charge is 0.360 e. The van der Waals surface area contributed by atoms with Gasteiger partial charge in [-0.3, -0.25) is 9.59 Å². The number of carbonyl (C=O) groups is 3. The Morgan fingerprint density at radius 3 is 1.48 bits per heavy atom. The first-order valence-corrected chi connectivity index (χ1v) is 9.15. The second-order valence-corrected chi connectivity index (χ2v) is 6.81. The van der Waals surface area contributed by atoms with Crippen LogP contribution in [0.5, 0.6) is 0 Å². The summed E-state index contributed by atoms with van der Waals surface area (Å²) in [6.07, 6.45) is -15.5. The van der Waals surface area contributed by atoms with Crippen molar-refractivity contribution in [2.24, 2.45) is 0 Å². The van der Waals surface area contributed by atoms with E-state index in [-0.39, 0.29) is 0 Å². The number of aliphatic carboxylic acids is 1. The van der Waals surface area contributed by atoms with E-state index in [1.807, 2.05) is 5.32 Å². The van der Waals surface area contributed by atoms with Gasteiger partial charge in [-0.2, -0.15) is 0 Å². The number of aliphatic hydroxyl groups excluding tert-OH is 10. The van der Waals surface area contributed by atoms with Crippen LogP contribution in [0.15, 0.2) is 0 Å². The van der Waals surface area contributed by atoms with Gasteiger partial charge in [-0.15, -0.1) is 0 Å². The molecule has 1 unspecified atom stereocenters. The van der Waals surface area contributed by atoms with Crippen molar-refractivity contribution in [3.8, 4) is 0 Å². The molecule has 0 heterocycles. The van der Waals surface area contributed by atoms with E-state index in [0.29, 0.717) is 0 Å². The molecule has 196 valence electrons. The normalized spacial score (nSPS) is 20.3. The molecule has 0 rings (SSSR count). The average molecular weight is 492 g/mol. The van der Waals surface area contributed by atoms with Crippen LogP contribution < -0.4 is 10.6 Å². The molecule has 0 spiro atoms. The fourth-order valence-corrected chi connectivity index (χ4v) is 2.11. The SMILES string of the molecule is CC(=O)NC(O)[C@H](O)[C@@H](O)[C@H](O)[C@H](O)CO.CC(=O)N[C@](O)(C(=O)O)[C@H](O)[C@@H](O)[C@H](O)CO. The van der Waals surface area contributed by atoms with Crippen molar-refractivity contribution in [2.45, 2.75) is 68.5 Å². The van der Waals surface area contributed by atoms with Crippen molar-refractivity contribution in [3.05, 3.63) is 0 Å². The summed E-state index contributed by atoms with van der Waals surface area (Å²) in [5.74, 6) is -3.64. The second kappa shape index (κ2) is 15.0. The van der Waals surface area contributed by atoms with Gasteiger partial charge in [0.2, 0.25) is 11.8 Å². The van der Waals surface area contributed by atoms with Gasteiger partial charge < -0.3 is 71.9 Å². The number of carbonyl (C=O) groups excluding carboxylic acids is 2. The Morgan fingerprint density at radius 2 is 1.15 bits per heavy atom. The number of hydrogen-bond acceptors (Lipinski definition) is 14. The Hall–Kier alpha value is -2.03. The number of amides is 2. The lowest BCUT2D eigenvalue weighted by molar-refractivity contribution is -0.199. The fourth-order valence-electron chi connectivity index (χ4n) is 2.11. The van der Waals surface area contributed by atoms with Gasteiger partial charge >= 0.3 is 5.97 Å². The van der Waals surface area contributed by atoms with Crippen LogP contribution in [0.2, 0.25) is 0 Å². The summed E-state index contributed by atoms with van der Waals surface area (Å²) < 4.78 is 0. The third kappa shape index (κ3) is 10.6. The molecule has 0 aliphatic heterocycles. The molecule has 33 heavy (non-hydrogen) atoms. The van der Waals surface area contributed by atoms with Crippen LogP contribution in [0.3, 0.4) is 0 Å².